The van der Waals surface area contributed by atoms with E-state index in [0.29, 0.717) is 29.2 Å². The average molecular weight is 263 g/mol. The van der Waals surface area contributed by atoms with Gasteiger partial charge in [-0.15, -0.1) is 0 Å². The van der Waals surface area contributed by atoms with Gasteiger partial charge in [0.15, 0.2) is 0 Å². The summed E-state index contributed by atoms with van der Waals surface area (Å²) in [5, 5.41) is 4.53. The number of rotatable bonds is 6. The molecule has 1 rings (SSSR count). The number of pyridine rings is 1. The Hall–Kier alpha value is -0.350. The minimum Gasteiger partial charge on any atom is -0.383 e. The molecule has 0 amide bonds. The number of nitrogens with zero attached hydrogens (tertiary/aromatic N) is 1. The zero-order chi connectivity index (χ0) is 12.0. The second kappa shape index (κ2) is 7.07. The van der Waals surface area contributed by atoms with Gasteiger partial charge in [-0.2, -0.15) is 0 Å². The lowest BCUT2D eigenvalue weighted by Crippen LogP contribution is -2.32. The maximum Gasteiger partial charge on any atom is 0.0649 e. The molecular weight excluding hydrogens is 247 g/mol. The van der Waals surface area contributed by atoms with Gasteiger partial charge in [-0.05, 0) is 6.42 Å². The molecule has 0 saturated carbocycles. The lowest BCUT2D eigenvalue weighted by Gasteiger charge is -2.16. The highest BCUT2D eigenvalue weighted by molar-refractivity contribution is 6.35. The van der Waals surface area contributed by atoms with E-state index < -0.39 is 0 Å². The maximum atomic E-state index is 6.02. The van der Waals surface area contributed by atoms with Crippen LogP contribution in [0.15, 0.2) is 12.4 Å². The van der Waals surface area contributed by atoms with E-state index in [2.05, 4.69) is 17.2 Å². The van der Waals surface area contributed by atoms with E-state index in [9.17, 15) is 0 Å². The monoisotopic (exact) mass is 262 g/mol. The standard InChI is InChI=1S/C11H16Cl2N2O/c1-3-8(7-16-2)15-4-9-10(12)5-14-6-11(9)13/h5-6,8,15H,3-4,7H2,1-2H3. The summed E-state index contributed by atoms with van der Waals surface area (Å²) < 4.78 is 5.10. The number of nitrogens with one attached hydrogen (secondary N) is 1. The smallest absolute Gasteiger partial charge is 0.0649 e. The van der Waals surface area contributed by atoms with Gasteiger partial charge in [-0.25, -0.2) is 0 Å². The van der Waals surface area contributed by atoms with E-state index in [-0.39, 0.29) is 0 Å². The predicted octanol–water partition coefficient (Wildman–Crippen LogP) is 2.90. The molecule has 0 saturated heterocycles. The average Bonchev–Trinajstić information content (AvgIpc) is 2.27. The summed E-state index contributed by atoms with van der Waals surface area (Å²) in [6.45, 7) is 3.41. The topological polar surface area (TPSA) is 34.1 Å². The summed E-state index contributed by atoms with van der Waals surface area (Å²) >= 11 is 12.0. The van der Waals surface area contributed by atoms with Gasteiger partial charge in [0.25, 0.3) is 0 Å². The molecule has 1 heterocycles. The highest BCUT2D eigenvalue weighted by Crippen LogP contribution is 2.22. The van der Waals surface area contributed by atoms with Crippen LogP contribution in [0.1, 0.15) is 18.9 Å². The van der Waals surface area contributed by atoms with Crippen LogP contribution in [0.2, 0.25) is 10.0 Å². The quantitative estimate of drug-likeness (QED) is 0.856. The third-order valence-corrected chi connectivity index (χ3v) is 3.03. The van der Waals surface area contributed by atoms with Crippen molar-refractivity contribution in [3.63, 3.8) is 0 Å². The highest BCUT2D eigenvalue weighted by Gasteiger charge is 2.09. The fraction of sp³-hybridized carbons (Fsp3) is 0.545. The molecule has 1 N–H and O–H groups in total. The van der Waals surface area contributed by atoms with Crippen molar-refractivity contribution in [2.24, 2.45) is 0 Å². The largest absolute Gasteiger partial charge is 0.383 e. The molecule has 16 heavy (non-hydrogen) atoms. The number of hydrogen-bond acceptors (Lipinski definition) is 3. The molecule has 90 valence electrons. The first-order chi connectivity index (χ1) is 7.69. The van der Waals surface area contributed by atoms with E-state index in [4.69, 9.17) is 27.9 Å². The zero-order valence-electron chi connectivity index (χ0n) is 9.46. The molecule has 0 bridgehead atoms. The van der Waals surface area contributed by atoms with E-state index in [0.717, 1.165) is 12.0 Å². The first-order valence-electron chi connectivity index (χ1n) is 5.19. The molecule has 0 radical (unpaired) electrons. The van der Waals surface area contributed by atoms with Gasteiger partial charge >= 0.3 is 0 Å². The Morgan fingerprint density at radius 1 is 1.38 bits per heavy atom. The predicted molar refractivity (Wildman–Crippen MR) is 67.1 cm³/mol. The third kappa shape index (κ3) is 3.91. The molecule has 1 atom stereocenters. The first kappa shape index (κ1) is 13.7. The molecule has 0 aliphatic carbocycles. The van der Waals surface area contributed by atoms with E-state index in [1.54, 1.807) is 19.5 Å². The molecule has 0 aromatic carbocycles. The molecule has 0 aliphatic heterocycles. The second-order valence-electron chi connectivity index (χ2n) is 3.52. The van der Waals surface area contributed by atoms with Crippen molar-refractivity contribution in [3.8, 4) is 0 Å². The van der Waals surface area contributed by atoms with Crippen molar-refractivity contribution in [1.82, 2.24) is 10.3 Å². The maximum absolute atomic E-state index is 6.02. The van der Waals surface area contributed by atoms with Gasteiger partial charge in [0, 0.05) is 37.7 Å². The molecule has 3 nitrogen and oxygen atoms in total. The van der Waals surface area contributed by atoms with Crippen molar-refractivity contribution in [2.75, 3.05) is 13.7 Å². The Kier molecular flexibility index (Phi) is 6.06. The Bertz CT molecular complexity index is 314. The summed E-state index contributed by atoms with van der Waals surface area (Å²) in [4.78, 5) is 3.91. The van der Waals surface area contributed by atoms with Crippen LogP contribution in [0.3, 0.4) is 0 Å². The summed E-state index contributed by atoms with van der Waals surface area (Å²) in [7, 11) is 1.69. The van der Waals surface area contributed by atoms with Gasteiger partial charge in [0.1, 0.15) is 0 Å². The molecule has 1 aromatic heterocycles. The fourth-order valence-corrected chi connectivity index (χ4v) is 1.87. The van der Waals surface area contributed by atoms with Crippen molar-refractivity contribution < 1.29 is 4.74 Å². The summed E-state index contributed by atoms with van der Waals surface area (Å²) in [6.07, 6.45) is 4.19. The number of halogens is 2. The number of aromatic nitrogens is 1. The van der Waals surface area contributed by atoms with Crippen molar-refractivity contribution in [3.05, 3.63) is 28.0 Å². The molecule has 5 heteroatoms. The highest BCUT2D eigenvalue weighted by atomic mass is 35.5. The minimum atomic E-state index is 0.310. The van der Waals surface area contributed by atoms with Crippen LogP contribution < -0.4 is 5.32 Å². The van der Waals surface area contributed by atoms with Crippen LogP contribution in [0.25, 0.3) is 0 Å². The number of hydrogen-bond donors (Lipinski definition) is 1. The van der Waals surface area contributed by atoms with E-state index in [1.807, 2.05) is 0 Å². The second-order valence-corrected chi connectivity index (χ2v) is 4.34. The summed E-state index contributed by atoms with van der Waals surface area (Å²) in [5.74, 6) is 0. The van der Waals surface area contributed by atoms with Crippen molar-refractivity contribution in [2.45, 2.75) is 25.9 Å². The van der Waals surface area contributed by atoms with Gasteiger partial charge < -0.3 is 10.1 Å². The van der Waals surface area contributed by atoms with Gasteiger partial charge in [-0.3, -0.25) is 4.98 Å². The molecule has 1 unspecified atom stereocenters. The molecule has 0 fully saturated rings. The van der Waals surface area contributed by atoms with Gasteiger partial charge in [-0.1, -0.05) is 30.1 Å². The van der Waals surface area contributed by atoms with E-state index in [1.165, 1.54) is 0 Å². The third-order valence-electron chi connectivity index (χ3n) is 2.38. The zero-order valence-corrected chi connectivity index (χ0v) is 11.0. The summed E-state index contributed by atoms with van der Waals surface area (Å²) in [5.41, 5.74) is 0.882. The lowest BCUT2D eigenvalue weighted by molar-refractivity contribution is 0.164. The first-order valence-corrected chi connectivity index (χ1v) is 5.94. The van der Waals surface area contributed by atoms with Crippen molar-refractivity contribution >= 4 is 23.2 Å². The Morgan fingerprint density at radius 3 is 2.50 bits per heavy atom. The molecule has 0 aliphatic rings. The van der Waals surface area contributed by atoms with Crippen LogP contribution in [-0.4, -0.2) is 24.7 Å². The van der Waals surface area contributed by atoms with Gasteiger partial charge in [0.05, 0.1) is 16.7 Å². The Morgan fingerprint density at radius 2 is 2.00 bits per heavy atom. The number of methoxy groups -OCH3 is 1. The normalized spacial score (nSPS) is 12.8. The van der Waals surface area contributed by atoms with E-state index >= 15 is 0 Å². The Balaban J connectivity index is 2.59. The SMILES string of the molecule is CCC(COC)NCc1c(Cl)cncc1Cl. The van der Waals surface area contributed by atoms with Crippen molar-refractivity contribution in [1.29, 1.82) is 0 Å². The van der Waals surface area contributed by atoms with Crippen LogP contribution in [0, 0.1) is 0 Å². The Labute approximate surface area is 106 Å². The van der Waals surface area contributed by atoms with Crippen LogP contribution in [-0.2, 0) is 11.3 Å². The lowest BCUT2D eigenvalue weighted by atomic mass is 10.2. The molecule has 1 aromatic rings. The minimum absolute atomic E-state index is 0.310. The van der Waals surface area contributed by atoms with Crippen LogP contribution in [0.4, 0.5) is 0 Å². The summed E-state index contributed by atoms with van der Waals surface area (Å²) in [6, 6.07) is 0.310. The van der Waals surface area contributed by atoms with Crippen LogP contribution >= 0.6 is 23.2 Å². The van der Waals surface area contributed by atoms with Gasteiger partial charge in [0.2, 0.25) is 0 Å². The fourth-order valence-electron chi connectivity index (χ4n) is 1.38. The molecular formula is C11H16Cl2N2O. The number of ether oxygens (including phenoxy) is 1. The molecule has 0 spiro atoms. The van der Waals surface area contributed by atoms with Crippen LogP contribution in [0.5, 0.6) is 0 Å².